The van der Waals surface area contributed by atoms with Crippen LogP contribution in [-0.4, -0.2) is 67.8 Å². The molecule has 3 heterocycles. The Kier molecular flexibility index (Phi) is 5.93. The number of aromatic nitrogens is 1. The molecular formula is C25H31FN4O2S. The summed E-state index contributed by atoms with van der Waals surface area (Å²) >= 11 is 0. The van der Waals surface area contributed by atoms with Gasteiger partial charge >= 0.3 is 0 Å². The Bertz CT molecular complexity index is 1240. The minimum absolute atomic E-state index is 0.140. The highest BCUT2D eigenvalue weighted by molar-refractivity contribution is 7.88. The van der Waals surface area contributed by atoms with E-state index >= 15 is 0 Å². The number of hydrogen-bond donors (Lipinski definition) is 2. The first-order chi connectivity index (χ1) is 15.8. The first-order valence-corrected chi connectivity index (χ1v) is 13.4. The van der Waals surface area contributed by atoms with Crippen molar-refractivity contribution in [3.63, 3.8) is 0 Å². The highest BCUT2D eigenvalue weighted by Crippen LogP contribution is 2.42. The summed E-state index contributed by atoms with van der Waals surface area (Å²) in [5, 5.41) is 4.59. The number of para-hydroxylation sites is 1. The van der Waals surface area contributed by atoms with Crippen molar-refractivity contribution >= 4 is 26.6 Å². The number of halogens is 1. The van der Waals surface area contributed by atoms with Gasteiger partial charge in [0.05, 0.1) is 19.0 Å². The van der Waals surface area contributed by atoms with E-state index in [2.05, 4.69) is 21.3 Å². The van der Waals surface area contributed by atoms with Crippen LogP contribution in [-0.2, 0) is 16.4 Å². The van der Waals surface area contributed by atoms with E-state index in [1.54, 1.807) is 4.31 Å². The number of nitrogens with one attached hydrogen (secondary N) is 2. The molecule has 2 N–H and O–H groups in total. The number of benzene rings is 2. The molecule has 2 aromatic carbocycles. The van der Waals surface area contributed by atoms with Gasteiger partial charge in [0.15, 0.2) is 0 Å². The van der Waals surface area contributed by atoms with Gasteiger partial charge in [-0.15, -0.1) is 0 Å². The highest BCUT2D eigenvalue weighted by Gasteiger charge is 2.40. The van der Waals surface area contributed by atoms with Gasteiger partial charge in [-0.1, -0.05) is 30.3 Å². The summed E-state index contributed by atoms with van der Waals surface area (Å²) in [7, 11) is -3.42. The van der Waals surface area contributed by atoms with Crippen LogP contribution in [0.1, 0.15) is 29.8 Å². The molecule has 0 aliphatic carbocycles. The third-order valence-corrected chi connectivity index (χ3v) is 8.26. The van der Waals surface area contributed by atoms with E-state index in [1.165, 1.54) is 11.8 Å². The fraction of sp³-hybridized carbons (Fsp3) is 0.440. The lowest BCUT2D eigenvalue weighted by atomic mass is 9.91. The van der Waals surface area contributed by atoms with Crippen molar-refractivity contribution in [1.82, 2.24) is 14.2 Å². The lowest BCUT2D eigenvalue weighted by Gasteiger charge is -2.39. The summed E-state index contributed by atoms with van der Waals surface area (Å²) in [5.41, 5.74) is 5.13. The Morgan fingerprint density at radius 2 is 1.85 bits per heavy atom. The number of aromatic amines is 1. The Morgan fingerprint density at radius 3 is 2.55 bits per heavy atom. The predicted molar refractivity (Wildman–Crippen MR) is 131 cm³/mol. The number of rotatable bonds is 7. The topological polar surface area (TPSA) is 68.4 Å². The van der Waals surface area contributed by atoms with Crippen molar-refractivity contribution in [2.24, 2.45) is 5.92 Å². The van der Waals surface area contributed by atoms with Gasteiger partial charge in [0.1, 0.15) is 0 Å². The highest BCUT2D eigenvalue weighted by atomic mass is 32.2. The monoisotopic (exact) mass is 470 g/mol. The number of alkyl halides is 1. The zero-order chi connectivity index (χ0) is 23.2. The second-order valence-electron chi connectivity index (χ2n) is 9.44. The van der Waals surface area contributed by atoms with Gasteiger partial charge in [-0.3, -0.25) is 4.39 Å². The molecule has 176 valence electrons. The minimum atomic E-state index is -3.42. The van der Waals surface area contributed by atoms with Crippen LogP contribution < -0.4 is 5.32 Å². The van der Waals surface area contributed by atoms with Gasteiger partial charge in [0, 0.05) is 60.4 Å². The molecule has 0 amide bonds. The van der Waals surface area contributed by atoms with Crippen molar-refractivity contribution in [3.05, 3.63) is 65.4 Å². The van der Waals surface area contributed by atoms with Crippen LogP contribution in [0.5, 0.6) is 0 Å². The van der Waals surface area contributed by atoms with Crippen molar-refractivity contribution in [1.29, 1.82) is 0 Å². The second kappa shape index (κ2) is 8.74. The third kappa shape index (κ3) is 4.27. The molecular weight excluding hydrogens is 439 g/mol. The average Bonchev–Trinajstić information content (AvgIpc) is 3.12. The van der Waals surface area contributed by atoms with Crippen LogP contribution in [0.4, 0.5) is 10.1 Å². The van der Waals surface area contributed by atoms with Crippen LogP contribution in [0.2, 0.25) is 0 Å². The molecule has 0 saturated carbocycles. The second-order valence-corrected chi connectivity index (χ2v) is 11.3. The van der Waals surface area contributed by atoms with E-state index in [-0.39, 0.29) is 24.7 Å². The standard InChI is InChI=1S/C25H31FN4O2S/c1-17-13-22-21-5-3-4-6-23(21)28-24(22)25(30(17)33(2,31)32)19-7-9-20(10-8-19)27-11-12-29-15-18(14-26)16-29/h3-10,17-18,25,27-28H,11-16H2,1-2H3/t17-,25-/m1/s1. The molecule has 1 fully saturated rings. The fourth-order valence-electron chi connectivity index (χ4n) is 5.37. The number of anilines is 1. The molecule has 0 bridgehead atoms. The van der Waals surface area contributed by atoms with E-state index in [0.717, 1.165) is 54.0 Å². The first-order valence-electron chi connectivity index (χ1n) is 11.6. The van der Waals surface area contributed by atoms with Crippen LogP contribution in [0, 0.1) is 5.92 Å². The van der Waals surface area contributed by atoms with Crippen molar-refractivity contribution < 1.29 is 12.8 Å². The maximum Gasteiger partial charge on any atom is 0.212 e. The average molecular weight is 471 g/mol. The number of hydrogen-bond acceptors (Lipinski definition) is 4. The third-order valence-electron chi connectivity index (χ3n) is 6.93. The number of sulfonamides is 1. The molecule has 8 heteroatoms. The van der Waals surface area contributed by atoms with E-state index in [9.17, 15) is 12.8 Å². The lowest BCUT2D eigenvalue weighted by Crippen LogP contribution is -2.49. The largest absolute Gasteiger partial charge is 0.384 e. The summed E-state index contributed by atoms with van der Waals surface area (Å²) in [4.78, 5) is 5.76. The number of fused-ring (bicyclic) bond motifs is 3. The fourth-order valence-corrected chi connectivity index (χ4v) is 6.71. The van der Waals surface area contributed by atoms with Crippen LogP contribution >= 0.6 is 0 Å². The maximum absolute atomic E-state index is 12.8. The molecule has 1 aromatic heterocycles. The smallest absolute Gasteiger partial charge is 0.212 e. The van der Waals surface area contributed by atoms with Gasteiger partial charge in [0.25, 0.3) is 0 Å². The summed E-state index contributed by atoms with van der Waals surface area (Å²) in [5.74, 6) is 0.203. The molecule has 33 heavy (non-hydrogen) atoms. The summed E-state index contributed by atoms with van der Waals surface area (Å²) < 4.78 is 39.9. The maximum atomic E-state index is 12.8. The Morgan fingerprint density at radius 1 is 1.12 bits per heavy atom. The molecule has 2 aliphatic heterocycles. The first kappa shape index (κ1) is 22.4. The van der Waals surface area contributed by atoms with E-state index in [0.29, 0.717) is 6.42 Å². The molecule has 5 rings (SSSR count). The summed E-state index contributed by atoms with van der Waals surface area (Å²) in [6, 6.07) is 15.7. The van der Waals surface area contributed by atoms with E-state index in [1.807, 2.05) is 49.4 Å². The van der Waals surface area contributed by atoms with E-state index < -0.39 is 10.0 Å². The number of nitrogens with zero attached hydrogens (tertiary/aromatic N) is 2. The zero-order valence-corrected chi connectivity index (χ0v) is 19.9. The quantitative estimate of drug-likeness (QED) is 0.552. The van der Waals surface area contributed by atoms with Crippen LogP contribution in [0.3, 0.4) is 0 Å². The van der Waals surface area contributed by atoms with Crippen LogP contribution in [0.15, 0.2) is 48.5 Å². The van der Waals surface area contributed by atoms with Gasteiger partial charge in [-0.25, -0.2) is 8.42 Å². The molecule has 1 saturated heterocycles. The number of H-pyrrole nitrogens is 1. The van der Waals surface area contributed by atoms with E-state index in [4.69, 9.17) is 0 Å². The molecule has 3 aromatic rings. The molecule has 0 radical (unpaired) electrons. The van der Waals surface area contributed by atoms with Gasteiger partial charge in [0.2, 0.25) is 10.0 Å². The van der Waals surface area contributed by atoms with Gasteiger partial charge in [-0.2, -0.15) is 4.31 Å². The molecule has 2 atom stereocenters. The lowest BCUT2D eigenvalue weighted by molar-refractivity contribution is 0.0856. The summed E-state index contributed by atoms with van der Waals surface area (Å²) in [6.07, 6.45) is 1.98. The van der Waals surface area contributed by atoms with Crippen molar-refractivity contribution in [2.45, 2.75) is 25.4 Å². The Hall–Kier alpha value is -2.42. The predicted octanol–water partition coefficient (Wildman–Crippen LogP) is 3.78. The normalized spacial score (nSPS) is 22.3. The molecule has 2 aliphatic rings. The Balaban J connectivity index is 1.40. The van der Waals surface area contributed by atoms with Gasteiger partial charge < -0.3 is 15.2 Å². The molecule has 6 nitrogen and oxygen atoms in total. The number of likely N-dealkylation sites (tertiary alicyclic amines) is 1. The van der Waals surface area contributed by atoms with Gasteiger partial charge in [-0.05, 0) is 42.7 Å². The minimum Gasteiger partial charge on any atom is -0.384 e. The summed E-state index contributed by atoms with van der Waals surface area (Å²) in [6.45, 7) is 5.11. The zero-order valence-electron chi connectivity index (χ0n) is 19.1. The Labute approximate surface area is 194 Å². The molecule has 0 spiro atoms. The van der Waals surface area contributed by atoms with Crippen LogP contribution in [0.25, 0.3) is 10.9 Å². The SMILES string of the molecule is C[C@@H]1Cc2c([nH]c3ccccc23)[C@@H](c2ccc(NCCN3CC(CF)C3)cc2)N1S(C)(=O)=O. The van der Waals surface area contributed by atoms with Crippen molar-refractivity contribution in [2.75, 3.05) is 44.4 Å². The molecule has 0 unspecified atom stereocenters. The van der Waals surface area contributed by atoms with Crippen molar-refractivity contribution in [3.8, 4) is 0 Å².